The van der Waals surface area contributed by atoms with Gasteiger partial charge in [0, 0.05) is 57.8 Å². The van der Waals surface area contributed by atoms with Crippen molar-refractivity contribution in [2.24, 2.45) is 5.92 Å². The molecule has 0 bridgehead atoms. The molecule has 4 rings (SSSR count). The first-order chi connectivity index (χ1) is 15.6. The highest BCUT2D eigenvalue weighted by Crippen LogP contribution is 2.21. The standard InChI is InChI=1S/C24H32N4O4/c1-19-17-21(25-32-19)18-26-12-14-28(15-13-26)24(30)20-7-10-27(11-8-20)23(29)9-16-31-22-5-3-2-4-6-22/h2-6,17,20H,7-16,18H2,1H3. The van der Waals surface area contributed by atoms with Crippen LogP contribution in [0.15, 0.2) is 40.9 Å². The third-order valence-corrected chi connectivity index (χ3v) is 6.27. The fourth-order valence-electron chi connectivity index (χ4n) is 4.41. The lowest BCUT2D eigenvalue weighted by Crippen LogP contribution is -2.51. The molecule has 2 saturated heterocycles. The van der Waals surface area contributed by atoms with Crippen LogP contribution in [0.1, 0.15) is 30.7 Å². The third-order valence-electron chi connectivity index (χ3n) is 6.27. The second-order valence-corrected chi connectivity index (χ2v) is 8.60. The molecule has 0 aliphatic carbocycles. The summed E-state index contributed by atoms with van der Waals surface area (Å²) >= 11 is 0. The van der Waals surface area contributed by atoms with Crippen molar-refractivity contribution < 1.29 is 18.8 Å². The number of hydrogen-bond donors (Lipinski definition) is 0. The van der Waals surface area contributed by atoms with Crippen LogP contribution < -0.4 is 4.74 Å². The number of para-hydroxylation sites is 1. The summed E-state index contributed by atoms with van der Waals surface area (Å²) in [5.74, 6) is 1.96. The summed E-state index contributed by atoms with van der Waals surface area (Å²) in [7, 11) is 0. The van der Waals surface area contributed by atoms with Gasteiger partial charge < -0.3 is 19.1 Å². The zero-order chi connectivity index (χ0) is 22.3. The molecule has 8 heteroatoms. The van der Waals surface area contributed by atoms with E-state index in [2.05, 4.69) is 10.1 Å². The molecule has 0 spiro atoms. The molecule has 2 aliphatic rings. The van der Waals surface area contributed by atoms with E-state index >= 15 is 0 Å². The molecule has 2 aromatic rings. The maximum atomic E-state index is 13.0. The lowest BCUT2D eigenvalue weighted by atomic mass is 9.94. The van der Waals surface area contributed by atoms with Crippen LogP contribution in [0, 0.1) is 12.8 Å². The number of nitrogens with zero attached hydrogens (tertiary/aromatic N) is 4. The SMILES string of the molecule is Cc1cc(CN2CCN(C(=O)C3CCN(C(=O)CCOc4ccccc4)CC3)CC2)no1. The van der Waals surface area contributed by atoms with E-state index in [0.29, 0.717) is 26.1 Å². The van der Waals surface area contributed by atoms with Gasteiger partial charge in [-0.05, 0) is 31.9 Å². The second-order valence-electron chi connectivity index (χ2n) is 8.60. The second kappa shape index (κ2) is 10.6. The van der Waals surface area contributed by atoms with Crippen LogP contribution in [-0.2, 0) is 16.1 Å². The molecule has 0 N–H and O–H groups in total. The Hall–Kier alpha value is -2.87. The Morgan fingerprint density at radius 1 is 1.03 bits per heavy atom. The Bertz CT molecular complexity index is 884. The number of aryl methyl sites for hydroxylation is 1. The van der Waals surface area contributed by atoms with Crippen LogP contribution in [0.4, 0.5) is 0 Å². The molecule has 0 saturated carbocycles. The molecule has 32 heavy (non-hydrogen) atoms. The number of carbonyl (C=O) groups is 2. The Morgan fingerprint density at radius 3 is 2.41 bits per heavy atom. The van der Waals surface area contributed by atoms with Crippen LogP contribution in [-0.4, -0.2) is 77.5 Å². The van der Waals surface area contributed by atoms with Gasteiger partial charge in [-0.2, -0.15) is 0 Å². The Balaban J connectivity index is 1.15. The van der Waals surface area contributed by atoms with Gasteiger partial charge in [-0.3, -0.25) is 14.5 Å². The van der Waals surface area contributed by atoms with E-state index in [4.69, 9.17) is 9.26 Å². The first-order valence-electron chi connectivity index (χ1n) is 11.5. The molecule has 3 heterocycles. The molecular formula is C24H32N4O4. The van der Waals surface area contributed by atoms with E-state index in [0.717, 1.165) is 62.8 Å². The number of benzene rings is 1. The predicted molar refractivity (Wildman–Crippen MR) is 119 cm³/mol. The van der Waals surface area contributed by atoms with E-state index in [-0.39, 0.29) is 17.7 Å². The van der Waals surface area contributed by atoms with E-state index in [1.165, 1.54) is 0 Å². The lowest BCUT2D eigenvalue weighted by molar-refractivity contribution is -0.142. The van der Waals surface area contributed by atoms with Crippen molar-refractivity contribution >= 4 is 11.8 Å². The summed E-state index contributed by atoms with van der Waals surface area (Å²) in [6, 6.07) is 11.5. The van der Waals surface area contributed by atoms with E-state index in [1.54, 1.807) is 0 Å². The van der Waals surface area contributed by atoms with Gasteiger partial charge in [0.05, 0.1) is 18.7 Å². The average molecular weight is 441 g/mol. The van der Waals surface area contributed by atoms with Gasteiger partial charge >= 0.3 is 0 Å². The minimum atomic E-state index is 0.0179. The van der Waals surface area contributed by atoms with Gasteiger partial charge in [-0.1, -0.05) is 23.4 Å². The minimum Gasteiger partial charge on any atom is -0.493 e. The molecule has 2 aliphatic heterocycles. The van der Waals surface area contributed by atoms with Crippen LogP contribution in [0.3, 0.4) is 0 Å². The number of ether oxygens (including phenoxy) is 1. The summed E-state index contributed by atoms with van der Waals surface area (Å²) in [6.07, 6.45) is 1.84. The normalized spacial score (nSPS) is 18.0. The summed E-state index contributed by atoms with van der Waals surface area (Å²) in [5.41, 5.74) is 0.938. The highest BCUT2D eigenvalue weighted by molar-refractivity contribution is 5.80. The molecule has 8 nitrogen and oxygen atoms in total. The van der Waals surface area contributed by atoms with Crippen molar-refractivity contribution in [3.05, 3.63) is 47.9 Å². The van der Waals surface area contributed by atoms with Crippen LogP contribution in [0.25, 0.3) is 0 Å². The lowest BCUT2D eigenvalue weighted by Gasteiger charge is -2.38. The number of rotatable bonds is 7. The number of likely N-dealkylation sites (tertiary alicyclic amines) is 1. The van der Waals surface area contributed by atoms with Crippen molar-refractivity contribution in [3.8, 4) is 5.75 Å². The minimum absolute atomic E-state index is 0.0179. The molecule has 0 unspecified atom stereocenters. The quantitative estimate of drug-likeness (QED) is 0.658. The first kappa shape index (κ1) is 22.3. The largest absolute Gasteiger partial charge is 0.493 e. The maximum Gasteiger partial charge on any atom is 0.225 e. The number of piperidine rings is 1. The average Bonchev–Trinajstić information content (AvgIpc) is 3.24. The number of hydrogen-bond acceptors (Lipinski definition) is 6. The predicted octanol–water partition coefficient (Wildman–Crippen LogP) is 2.33. The zero-order valence-corrected chi connectivity index (χ0v) is 18.7. The molecule has 1 aromatic carbocycles. The van der Waals surface area contributed by atoms with Crippen LogP contribution in [0.5, 0.6) is 5.75 Å². The smallest absolute Gasteiger partial charge is 0.225 e. The number of piperazine rings is 1. The monoisotopic (exact) mass is 440 g/mol. The molecule has 0 atom stereocenters. The Kier molecular flexibility index (Phi) is 7.42. The molecule has 0 radical (unpaired) electrons. The van der Waals surface area contributed by atoms with Crippen molar-refractivity contribution in [3.63, 3.8) is 0 Å². The molecular weight excluding hydrogens is 408 g/mol. The summed E-state index contributed by atoms with van der Waals surface area (Å²) < 4.78 is 10.8. The molecule has 1 aromatic heterocycles. The Labute approximate surface area is 189 Å². The first-order valence-corrected chi connectivity index (χ1v) is 11.5. The van der Waals surface area contributed by atoms with Crippen molar-refractivity contribution in [1.29, 1.82) is 0 Å². The van der Waals surface area contributed by atoms with Crippen molar-refractivity contribution in [2.75, 3.05) is 45.9 Å². The maximum absolute atomic E-state index is 13.0. The van der Waals surface area contributed by atoms with Gasteiger partial charge in [0.25, 0.3) is 0 Å². The van der Waals surface area contributed by atoms with Crippen LogP contribution >= 0.6 is 0 Å². The van der Waals surface area contributed by atoms with Crippen molar-refractivity contribution in [2.45, 2.75) is 32.7 Å². The van der Waals surface area contributed by atoms with Gasteiger partial charge in [-0.15, -0.1) is 0 Å². The van der Waals surface area contributed by atoms with Gasteiger partial charge in [-0.25, -0.2) is 0 Å². The van der Waals surface area contributed by atoms with Crippen LogP contribution in [0.2, 0.25) is 0 Å². The number of carbonyl (C=O) groups excluding carboxylic acids is 2. The van der Waals surface area contributed by atoms with Gasteiger partial charge in [0.2, 0.25) is 11.8 Å². The van der Waals surface area contributed by atoms with Gasteiger partial charge in [0.15, 0.2) is 0 Å². The fourth-order valence-corrected chi connectivity index (χ4v) is 4.41. The molecule has 2 fully saturated rings. The fraction of sp³-hybridized carbons (Fsp3) is 0.542. The van der Waals surface area contributed by atoms with E-state index < -0.39 is 0 Å². The summed E-state index contributed by atoms with van der Waals surface area (Å²) in [5, 5.41) is 4.06. The highest BCUT2D eigenvalue weighted by Gasteiger charge is 2.31. The van der Waals surface area contributed by atoms with Crippen molar-refractivity contribution in [1.82, 2.24) is 19.9 Å². The van der Waals surface area contributed by atoms with E-state index in [1.807, 2.05) is 53.1 Å². The molecule has 2 amide bonds. The van der Waals surface area contributed by atoms with Gasteiger partial charge in [0.1, 0.15) is 11.5 Å². The summed E-state index contributed by atoms with van der Waals surface area (Å²) in [6.45, 7) is 7.49. The topological polar surface area (TPSA) is 79.1 Å². The molecule has 172 valence electrons. The zero-order valence-electron chi connectivity index (χ0n) is 18.7. The highest BCUT2D eigenvalue weighted by atomic mass is 16.5. The summed E-state index contributed by atoms with van der Waals surface area (Å²) in [4.78, 5) is 31.6. The van der Waals surface area contributed by atoms with E-state index in [9.17, 15) is 9.59 Å². The number of aromatic nitrogens is 1. The Morgan fingerprint density at radius 2 is 1.75 bits per heavy atom. The third kappa shape index (κ3) is 5.88. The number of amides is 2.